The van der Waals surface area contributed by atoms with Crippen molar-refractivity contribution in [2.24, 2.45) is 0 Å². The summed E-state index contributed by atoms with van der Waals surface area (Å²) in [7, 11) is 0. The number of hydrogen-bond donors (Lipinski definition) is 1. The molecular formula is C20H23NO2. The first kappa shape index (κ1) is 16.8. The van der Waals surface area contributed by atoms with Gasteiger partial charge in [-0.25, -0.2) is 0 Å². The molecule has 2 rings (SSSR count). The van der Waals surface area contributed by atoms with Crippen LogP contribution < -0.4 is 10.1 Å². The molecule has 2 aromatic rings. The Bertz CT molecular complexity index is 620. The second kappa shape index (κ2) is 8.79. The first-order valence-electron chi connectivity index (χ1n) is 7.87. The molecule has 0 spiro atoms. The molecule has 1 atom stereocenters. The SMILES string of the molecule is C=CCOc1ccc(C(=O)N[C@H](C)CCc2ccccc2)cc1. The summed E-state index contributed by atoms with van der Waals surface area (Å²) in [5.74, 6) is 0.680. The van der Waals surface area contributed by atoms with Crippen molar-refractivity contribution in [3.8, 4) is 5.75 Å². The van der Waals surface area contributed by atoms with Gasteiger partial charge >= 0.3 is 0 Å². The molecule has 0 aliphatic carbocycles. The van der Waals surface area contributed by atoms with Gasteiger partial charge in [-0.1, -0.05) is 43.0 Å². The van der Waals surface area contributed by atoms with Gasteiger partial charge in [0.15, 0.2) is 0 Å². The van der Waals surface area contributed by atoms with Gasteiger partial charge in [0.25, 0.3) is 5.91 Å². The normalized spacial score (nSPS) is 11.5. The van der Waals surface area contributed by atoms with Crippen LogP contribution in [0.25, 0.3) is 0 Å². The average molecular weight is 309 g/mol. The van der Waals surface area contributed by atoms with Gasteiger partial charge in [0, 0.05) is 11.6 Å². The van der Waals surface area contributed by atoms with Gasteiger partial charge in [-0.15, -0.1) is 0 Å². The van der Waals surface area contributed by atoms with E-state index in [2.05, 4.69) is 24.0 Å². The second-order valence-corrected chi connectivity index (χ2v) is 5.52. The molecule has 0 radical (unpaired) electrons. The van der Waals surface area contributed by atoms with Crippen LogP contribution >= 0.6 is 0 Å². The van der Waals surface area contributed by atoms with E-state index in [-0.39, 0.29) is 11.9 Å². The number of benzene rings is 2. The highest BCUT2D eigenvalue weighted by Crippen LogP contribution is 2.12. The third-order valence-electron chi connectivity index (χ3n) is 3.57. The summed E-state index contributed by atoms with van der Waals surface area (Å²) >= 11 is 0. The van der Waals surface area contributed by atoms with Crippen LogP contribution in [-0.4, -0.2) is 18.6 Å². The predicted octanol–water partition coefficient (Wildman–Crippen LogP) is 4.00. The molecule has 2 aromatic carbocycles. The molecule has 0 bridgehead atoms. The maximum absolute atomic E-state index is 12.2. The summed E-state index contributed by atoms with van der Waals surface area (Å²) in [4.78, 5) is 12.2. The van der Waals surface area contributed by atoms with Gasteiger partial charge in [0.1, 0.15) is 12.4 Å². The summed E-state index contributed by atoms with van der Waals surface area (Å²) in [5, 5.41) is 3.03. The lowest BCUT2D eigenvalue weighted by Gasteiger charge is -2.14. The quantitative estimate of drug-likeness (QED) is 0.748. The van der Waals surface area contributed by atoms with Crippen LogP contribution in [0, 0.1) is 0 Å². The molecule has 0 saturated carbocycles. The lowest BCUT2D eigenvalue weighted by Crippen LogP contribution is -2.32. The standard InChI is InChI=1S/C20H23NO2/c1-3-15-23-19-13-11-18(12-14-19)20(22)21-16(2)9-10-17-7-5-4-6-8-17/h3-8,11-14,16H,1,9-10,15H2,2H3,(H,21,22)/t16-/m1/s1. The molecule has 0 fully saturated rings. The molecule has 3 nitrogen and oxygen atoms in total. The molecular weight excluding hydrogens is 286 g/mol. The molecule has 0 unspecified atom stereocenters. The van der Waals surface area contributed by atoms with Gasteiger partial charge < -0.3 is 10.1 Å². The van der Waals surface area contributed by atoms with Gasteiger partial charge in [0.05, 0.1) is 0 Å². The number of carbonyl (C=O) groups excluding carboxylic acids is 1. The fraction of sp³-hybridized carbons (Fsp3) is 0.250. The summed E-state index contributed by atoms with van der Waals surface area (Å²) in [5.41, 5.74) is 1.93. The van der Waals surface area contributed by atoms with Crippen molar-refractivity contribution in [3.05, 3.63) is 78.4 Å². The third kappa shape index (κ3) is 5.62. The summed E-state index contributed by atoms with van der Waals surface area (Å²) in [6.45, 7) is 6.09. The predicted molar refractivity (Wildman–Crippen MR) is 93.8 cm³/mol. The van der Waals surface area contributed by atoms with Gasteiger partial charge in [-0.2, -0.15) is 0 Å². The minimum absolute atomic E-state index is 0.0548. The molecule has 0 aliphatic rings. The number of rotatable bonds is 8. The van der Waals surface area contributed by atoms with E-state index in [9.17, 15) is 4.79 Å². The molecule has 0 aliphatic heterocycles. The number of nitrogens with one attached hydrogen (secondary N) is 1. The first-order chi connectivity index (χ1) is 11.2. The Hall–Kier alpha value is -2.55. The first-order valence-corrected chi connectivity index (χ1v) is 7.87. The smallest absolute Gasteiger partial charge is 0.251 e. The lowest BCUT2D eigenvalue weighted by atomic mass is 10.1. The van der Waals surface area contributed by atoms with E-state index in [4.69, 9.17) is 4.74 Å². The Labute approximate surface area is 138 Å². The summed E-state index contributed by atoms with van der Waals surface area (Å²) in [6, 6.07) is 17.6. The van der Waals surface area contributed by atoms with Crippen LogP contribution in [0.15, 0.2) is 67.3 Å². The molecule has 3 heteroatoms. The van der Waals surface area contributed by atoms with E-state index in [1.54, 1.807) is 30.3 Å². The third-order valence-corrected chi connectivity index (χ3v) is 3.57. The van der Waals surface area contributed by atoms with Gasteiger partial charge in [0.2, 0.25) is 0 Å². The minimum Gasteiger partial charge on any atom is -0.490 e. The molecule has 23 heavy (non-hydrogen) atoms. The maximum atomic E-state index is 12.2. The van der Waals surface area contributed by atoms with E-state index in [1.165, 1.54) is 5.56 Å². The van der Waals surface area contributed by atoms with Crippen molar-refractivity contribution in [2.45, 2.75) is 25.8 Å². The Morgan fingerprint density at radius 3 is 2.52 bits per heavy atom. The molecule has 0 saturated heterocycles. The number of aryl methyl sites for hydroxylation is 1. The fourth-order valence-electron chi connectivity index (χ4n) is 2.26. The molecule has 120 valence electrons. The number of carbonyl (C=O) groups is 1. The van der Waals surface area contributed by atoms with E-state index < -0.39 is 0 Å². The highest BCUT2D eigenvalue weighted by molar-refractivity contribution is 5.94. The molecule has 1 N–H and O–H groups in total. The maximum Gasteiger partial charge on any atom is 0.251 e. The summed E-state index contributed by atoms with van der Waals surface area (Å²) in [6.07, 6.45) is 3.56. The van der Waals surface area contributed by atoms with Gasteiger partial charge in [-0.3, -0.25) is 4.79 Å². The average Bonchev–Trinajstić information content (AvgIpc) is 2.59. The van der Waals surface area contributed by atoms with Crippen LogP contribution in [0.1, 0.15) is 29.3 Å². The van der Waals surface area contributed by atoms with Crippen LogP contribution in [0.2, 0.25) is 0 Å². The minimum atomic E-state index is -0.0548. The van der Waals surface area contributed by atoms with Crippen LogP contribution in [0.3, 0.4) is 0 Å². The summed E-state index contributed by atoms with van der Waals surface area (Å²) < 4.78 is 5.41. The van der Waals surface area contributed by atoms with Gasteiger partial charge in [-0.05, 0) is 49.6 Å². The van der Waals surface area contributed by atoms with Crippen LogP contribution in [-0.2, 0) is 6.42 Å². The second-order valence-electron chi connectivity index (χ2n) is 5.52. The van der Waals surface area contributed by atoms with E-state index in [0.29, 0.717) is 12.2 Å². The topological polar surface area (TPSA) is 38.3 Å². The van der Waals surface area contributed by atoms with Crippen molar-refractivity contribution >= 4 is 5.91 Å². The van der Waals surface area contributed by atoms with Crippen LogP contribution in [0.5, 0.6) is 5.75 Å². The van der Waals surface area contributed by atoms with Crippen molar-refractivity contribution in [1.82, 2.24) is 5.32 Å². The fourth-order valence-corrected chi connectivity index (χ4v) is 2.26. The zero-order valence-electron chi connectivity index (χ0n) is 13.5. The zero-order valence-corrected chi connectivity index (χ0v) is 13.5. The highest BCUT2D eigenvalue weighted by atomic mass is 16.5. The molecule has 1 amide bonds. The highest BCUT2D eigenvalue weighted by Gasteiger charge is 2.10. The molecule has 0 aromatic heterocycles. The zero-order chi connectivity index (χ0) is 16.5. The molecule has 0 heterocycles. The Morgan fingerprint density at radius 1 is 1.17 bits per heavy atom. The van der Waals surface area contributed by atoms with Crippen molar-refractivity contribution in [2.75, 3.05) is 6.61 Å². The van der Waals surface area contributed by atoms with E-state index >= 15 is 0 Å². The number of hydrogen-bond acceptors (Lipinski definition) is 2. The van der Waals surface area contributed by atoms with E-state index in [1.807, 2.05) is 25.1 Å². The Kier molecular flexibility index (Phi) is 6.42. The monoisotopic (exact) mass is 309 g/mol. The number of ether oxygens (including phenoxy) is 1. The van der Waals surface area contributed by atoms with Crippen LogP contribution in [0.4, 0.5) is 0 Å². The van der Waals surface area contributed by atoms with Crippen molar-refractivity contribution < 1.29 is 9.53 Å². The Balaban J connectivity index is 1.82. The van der Waals surface area contributed by atoms with E-state index in [0.717, 1.165) is 18.6 Å². The lowest BCUT2D eigenvalue weighted by molar-refractivity contribution is 0.0938. The Morgan fingerprint density at radius 2 is 1.87 bits per heavy atom. The van der Waals surface area contributed by atoms with Crippen molar-refractivity contribution in [1.29, 1.82) is 0 Å². The van der Waals surface area contributed by atoms with Crippen molar-refractivity contribution in [3.63, 3.8) is 0 Å². The largest absolute Gasteiger partial charge is 0.490 e. The number of amides is 1.